The van der Waals surface area contributed by atoms with Gasteiger partial charge < -0.3 is 14.7 Å². The molecule has 7 heteroatoms. The first-order chi connectivity index (χ1) is 17.4. The number of methoxy groups -OCH3 is 1. The molecular weight excluding hydrogens is 452 g/mol. The fraction of sp³-hybridized carbons (Fsp3) is 0.517. The highest BCUT2D eigenvalue weighted by Gasteiger charge is 2.42. The summed E-state index contributed by atoms with van der Waals surface area (Å²) in [6.07, 6.45) is 9.18. The van der Waals surface area contributed by atoms with Crippen LogP contribution in [0.5, 0.6) is 5.75 Å². The number of benzene rings is 1. The largest absolute Gasteiger partial charge is 0.507 e. The number of esters is 1. The van der Waals surface area contributed by atoms with Gasteiger partial charge in [-0.3, -0.25) is 9.78 Å². The quantitative estimate of drug-likeness (QED) is 0.487. The number of rotatable bonds is 5. The molecule has 36 heavy (non-hydrogen) atoms. The number of hydrogen-bond acceptors (Lipinski definition) is 7. The molecule has 190 valence electrons. The Balaban J connectivity index is 1.39. The summed E-state index contributed by atoms with van der Waals surface area (Å²) in [6.45, 7) is 6.56. The third kappa shape index (κ3) is 4.81. The summed E-state index contributed by atoms with van der Waals surface area (Å²) in [5.74, 6) is 0.420. The van der Waals surface area contributed by atoms with Crippen LogP contribution in [0.4, 0.5) is 0 Å². The molecule has 0 radical (unpaired) electrons. The zero-order valence-corrected chi connectivity index (χ0v) is 21.6. The highest BCUT2D eigenvalue weighted by Crippen LogP contribution is 2.40. The molecule has 0 bridgehead atoms. The Kier molecular flexibility index (Phi) is 6.93. The van der Waals surface area contributed by atoms with E-state index in [1.807, 2.05) is 38.2 Å². The molecule has 5 rings (SSSR count). The van der Waals surface area contributed by atoms with Gasteiger partial charge in [-0.1, -0.05) is 25.3 Å². The topological polar surface area (TPSA) is 88.4 Å². The zero-order valence-electron chi connectivity index (χ0n) is 21.6. The number of aromatic hydroxyl groups is 1. The van der Waals surface area contributed by atoms with Gasteiger partial charge in [0.05, 0.1) is 23.9 Å². The minimum atomic E-state index is -0.381. The number of piperidine rings is 1. The highest BCUT2D eigenvalue weighted by molar-refractivity contribution is 5.78. The smallest absolute Gasteiger partial charge is 0.313 e. The van der Waals surface area contributed by atoms with Crippen molar-refractivity contribution in [1.29, 1.82) is 0 Å². The summed E-state index contributed by atoms with van der Waals surface area (Å²) < 4.78 is 5.25. The second-order valence-corrected chi connectivity index (χ2v) is 10.7. The standard InChI is InChI=1S/C29H36N4O3/c1-19-14-20(2)26(25(34)15-19)22-9-10-23-27(31-22)32-24(16-30-23)21-8-7-13-33(17-21)18-29(28(35)36-3)11-5-4-6-12-29/h9-10,14-16,21,34H,4-8,11-13,17-18H2,1-3H3/t21-/m1/s1. The number of ether oxygens (including phenoxy) is 1. The van der Waals surface area contributed by atoms with Crippen LogP contribution in [0.15, 0.2) is 30.5 Å². The summed E-state index contributed by atoms with van der Waals surface area (Å²) >= 11 is 0. The lowest BCUT2D eigenvalue weighted by Gasteiger charge is -2.41. The Morgan fingerprint density at radius 3 is 2.69 bits per heavy atom. The van der Waals surface area contributed by atoms with E-state index in [1.54, 1.807) is 6.07 Å². The maximum absolute atomic E-state index is 12.8. The summed E-state index contributed by atoms with van der Waals surface area (Å²) in [5.41, 5.74) is 5.33. The van der Waals surface area contributed by atoms with Crippen molar-refractivity contribution in [2.24, 2.45) is 5.41 Å². The number of pyridine rings is 1. The van der Waals surface area contributed by atoms with Crippen molar-refractivity contribution in [2.45, 2.75) is 64.7 Å². The van der Waals surface area contributed by atoms with Gasteiger partial charge >= 0.3 is 5.97 Å². The lowest BCUT2D eigenvalue weighted by atomic mass is 9.73. The van der Waals surface area contributed by atoms with Crippen LogP contribution in [0.1, 0.15) is 67.7 Å². The number of aromatic nitrogens is 3. The number of phenols is 1. The van der Waals surface area contributed by atoms with Gasteiger partial charge in [-0.25, -0.2) is 9.97 Å². The molecule has 0 amide bonds. The van der Waals surface area contributed by atoms with Crippen molar-refractivity contribution in [1.82, 2.24) is 19.9 Å². The Bertz CT molecular complexity index is 1250. The average molecular weight is 489 g/mol. The summed E-state index contributed by atoms with van der Waals surface area (Å²) in [4.78, 5) is 29.6. The average Bonchev–Trinajstić information content (AvgIpc) is 2.88. The minimum Gasteiger partial charge on any atom is -0.507 e. The predicted octanol–water partition coefficient (Wildman–Crippen LogP) is 5.32. The molecule has 1 aliphatic heterocycles. The maximum atomic E-state index is 12.8. The molecular formula is C29H36N4O3. The van der Waals surface area contributed by atoms with Crippen LogP contribution in [0, 0.1) is 19.3 Å². The molecule has 0 unspecified atom stereocenters. The van der Waals surface area contributed by atoms with Crippen molar-refractivity contribution in [3.63, 3.8) is 0 Å². The molecule has 1 aromatic carbocycles. The molecule has 1 atom stereocenters. The van der Waals surface area contributed by atoms with E-state index in [0.29, 0.717) is 11.3 Å². The number of carbonyl (C=O) groups is 1. The second kappa shape index (κ2) is 10.1. The number of aryl methyl sites for hydroxylation is 2. The van der Waals surface area contributed by atoms with Gasteiger partial charge in [-0.2, -0.15) is 0 Å². The van der Waals surface area contributed by atoms with E-state index < -0.39 is 0 Å². The third-order valence-electron chi connectivity index (χ3n) is 8.02. The fourth-order valence-electron chi connectivity index (χ4n) is 6.27. The number of hydrogen-bond donors (Lipinski definition) is 1. The number of likely N-dealkylation sites (tertiary alicyclic amines) is 1. The zero-order chi connectivity index (χ0) is 25.3. The van der Waals surface area contributed by atoms with E-state index >= 15 is 0 Å². The first-order valence-corrected chi connectivity index (χ1v) is 13.1. The van der Waals surface area contributed by atoms with E-state index in [2.05, 4.69) is 9.88 Å². The molecule has 0 spiro atoms. The van der Waals surface area contributed by atoms with Crippen molar-refractivity contribution >= 4 is 17.1 Å². The van der Waals surface area contributed by atoms with Crippen LogP contribution in [0.2, 0.25) is 0 Å². The summed E-state index contributed by atoms with van der Waals surface area (Å²) in [5, 5.41) is 10.6. The molecule has 2 fully saturated rings. The molecule has 2 aliphatic rings. The minimum absolute atomic E-state index is 0.0544. The molecule has 2 aromatic heterocycles. The second-order valence-electron chi connectivity index (χ2n) is 10.7. The Morgan fingerprint density at radius 2 is 1.94 bits per heavy atom. The van der Waals surface area contributed by atoms with Gasteiger partial charge in [0.15, 0.2) is 5.65 Å². The fourth-order valence-corrected chi connectivity index (χ4v) is 6.27. The van der Waals surface area contributed by atoms with Crippen LogP contribution in [0.25, 0.3) is 22.4 Å². The number of carbonyl (C=O) groups excluding carboxylic acids is 1. The van der Waals surface area contributed by atoms with E-state index in [-0.39, 0.29) is 23.1 Å². The van der Waals surface area contributed by atoms with E-state index in [4.69, 9.17) is 14.7 Å². The SMILES string of the molecule is COC(=O)C1(CN2CCC[C@@H](c3cnc4ccc(-c5c(C)cc(C)cc5O)nc4n3)C2)CCCCC1. The van der Waals surface area contributed by atoms with E-state index in [0.717, 1.165) is 86.1 Å². The number of fused-ring (bicyclic) bond motifs is 1. The Hall–Kier alpha value is -3.06. The first-order valence-electron chi connectivity index (χ1n) is 13.1. The van der Waals surface area contributed by atoms with Crippen LogP contribution in [-0.2, 0) is 9.53 Å². The van der Waals surface area contributed by atoms with Crippen molar-refractivity contribution in [3.8, 4) is 17.0 Å². The predicted molar refractivity (Wildman–Crippen MR) is 140 cm³/mol. The summed E-state index contributed by atoms with van der Waals surface area (Å²) in [6, 6.07) is 7.63. The van der Waals surface area contributed by atoms with Crippen LogP contribution in [-0.4, -0.2) is 57.7 Å². The maximum Gasteiger partial charge on any atom is 0.313 e. The monoisotopic (exact) mass is 488 g/mol. The third-order valence-corrected chi connectivity index (χ3v) is 8.02. The molecule has 1 aliphatic carbocycles. The van der Waals surface area contributed by atoms with Gasteiger partial charge in [-0.05, 0) is 75.4 Å². The normalized spacial score (nSPS) is 20.4. The molecule has 7 nitrogen and oxygen atoms in total. The van der Waals surface area contributed by atoms with Gasteiger partial charge in [0, 0.05) is 30.8 Å². The molecule has 3 aromatic rings. The highest BCUT2D eigenvalue weighted by atomic mass is 16.5. The number of phenolic OH excluding ortho intramolecular Hbond substituents is 1. The van der Waals surface area contributed by atoms with E-state index in [1.165, 1.54) is 13.5 Å². The van der Waals surface area contributed by atoms with E-state index in [9.17, 15) is 9.90 Å². The lowest BCUT2D eigenvalue weighted by Crippen LogP contribution is -2.47. The Morgan fingerprint density at radius 1 is 1.14 bits per heavy atom. The van der Waals surface area contributed by atoms with Gasteiger partial charge in [-0.15, -0.1) is 0 Å². The lowest BCUT2D eigenvalue weighted by molar-refractivity contribution is -0.156. The van der Waals surface area contributed by atoms with Crippen molar-refractivity contribution in [3.05, 3.63) is 47.3 Å². The van der Waals surface area contributed by atoms with Crippen LogP contribution in [0.3, 0.4) is 0 Å². The molecule has 1 N–H and O–H groups in total. The summed E-state index contributed by atoms with van der Waals surface area (Å²) in [7, 11) is 1.52. The van der Waals surface area contributed by atoms with Crippen LogP contribution >= 0.6 is 0 Å². The number of nitrogens with zero attached hydrogens (tertiary/aromatic N) is 4. The van der Waals surface area contributed by atoms with Crippen molar-refractivity contribution in [2.75, 3.05) is 26.7 Å². The van der Waals surface area contributed by atoms with Gasteiger partial charge in [0.25, 0.3) is 0 Å². The van der Waals surface area contributed by atoms with Crippen molar-refractivity contribution < 1.29 is 14.6 Å². The molecule has 1 saturated heterocycles. The Labute approximate surface area is 212 Å². The van der Waals surface area contributed by atoms with Gasteiger partial charge in [0.1, 0.15) is 11.3 Å². The van der Waals surface area contributed by atoms with Crippen LogP contribution < -0.4 is 0 Å². The van der Waals surface area contributed by atoms with Gasteiger partial charge in [0.2, 0.25) is 0 Å². The first kappa shape index (κ1) is 24.6. The molecule has 1 saturated carbocycles. The molecule has 3 heterocycles.